The normalized spacial score (nSPS) is 21.1. The molecule has 1 aromatic rings. The van der Waals surface area contributed by atoms with E-state index < -0.39 is 0 Å². The van der Waals surface area contributed by atoms with Gasteiger partial charge in [0, 0.05) is 37.8 Å². The van der Waals surface area contributed by atoms with Gasteiger partial charge < -0.3 is 25.2 Å². The van der Waals surface area contributed by atoms with E-state index >= 15 is 0 Å². The number of morpholine rings is 1. The summed E-state index contributed by atoms with van der Waals surface area (Å²) in [6.07, 6.45) is 2.48. The summed E-state index contributed by atoms with van der Waals surface area (Å²) < 4.78 is 5.49. The van der Waals surface area contributed by atoms with Crippen molar-refractivity contribution in [1.82, 2.24) is 15.3 Å². The van der Waals surface area contributed by atoms with Crippen molar-refractivity contribution in [1.29, 1.82) is 0 Å². The quantitative estimate of drug-likeness (QED) is 0.761. The summed E-state index contributed by atoms with van der Waals surface area (Å²) in [5.74, 6) is 3.14. The van der Waals surface area contributed by atoms with Gasteiger partial charge in [0.2, 0.25) is 5.95 Å². The largest absolute Gasteiger partial charge is 0.378 e. The molecule has 7 nitrogen and oxygen atoms in total. The Kier molecular flexibility index (Phi) is 6.37. The number of piperidine rings is 1. The first-order chi connectivity index (χ1) is 12.8. The number of ether oxygens (including phenoxy) is 1. The van der Waals surface area contributed by atoms with Gasteiger partial charge in [0.25, 0.3) is 0 Å². The third kappa shape index (κ3) is 5.90. The van der Waals surface area contributed by atoms with Gasteiger partial charge in [-0.1, -0.05) is 6.92 Å². The molecule has 8 heteroatoms. The number of hydrogen-bond donors (Lipinski definition) is 2. The summed E-state index contributed by atoms with van der Waals surface area (Å²) >= 11 is 5.45. The maximum Gasteiger partial charge on any atom is 0.232 e. The van der Waals surface area contributed by atoms with Crippen LogP contribution in [0.15, 0.2) is 6.07 Å². The molecule has 0 bridgehead atoms. The molecular formula is C19H32N6OS. The van der Waals surface area contributed by atoms with Crippen LogP contribution in [0.4, 0.5) is 17.6 Å². The maximum absolute atomic E-state index is 5.49. The molecule has 0 amide bonds. The predicted octanol–water partition coefficient (Wildman–Crippen LogP) is 2.63. The molecule has 0 aromatic carbocycles. The Hall–Kier alpha value is -1.67. The summed E-state index contributed by atoms with van der Waals surface area (Å²) in [6.45, 7) is 13.7. The van der Waals surface area contributed by atoms with E-state index in [0.29, 0.717) is 17.0 Å². The standard InChI is InChI=1S/C19H32N6OS/c1-14-6-5-7-25(13-14)16-12-15(24-8-10-26-11-9-24)20-17(21-16)22-18(27)23-19(2,3)4/h12,14H,5-11,13H2,1-4H3,(H2,20,21,22,23,27)/t14-/m0/s1. The van der Waals surface area contributed by atoms with Crippen LogP contribution < -0.4 is 20.4 Å². The number of nitrogens with one attached hydrogen (secondary N) is 2. The average Bonchev–Trinajstić information content (AvgIpc) is 2.60. The van der Waals surface area contributed by atoms with Crippen molar-refractivity contribution in [2.45, 2.75) is 46.1 Å². The topological polar surface area (TPSA) is 65.6 Å². The van der Waals surface area contributed by atoms with Crippen molar-refractivity contribution in [2.75, 3.05) is 54.5 Å². The minimum absolute atomic E-state index is 0.114. The molecule has 3 rings (SSSR count). The van der Waals surface area contributed by atoms with Gasteiger partial charge in [-0.2, -0.15) is 9.97 Å². The Bertz CT molecular complexity index is 656. The Morgan fingerprint density at radius 2 is 1.81 bits per heavy atom. The van der Waals surface area contributed by atoms with E-state index in [1.54, 1.807) is 0 Å². The molecule has 1 atom stereocenters. The number of rotatable bonds is 3. The SMILES string of the molecule is C[C@H]1CCCN(c2cc(N3CCOCC3)nc(NC(=S)NC(C)(C)C)n2)C1. The number of anilines is 3. The van der Waals surface area contributed by atoms with Crippen LogP contribution in [0.3, 0.4) is 0 Å². The molecule has 0 saturated carbocycles. The van der Waals surface area contributed by atoms with Crippen molar-refractivity contribution < 1.29 is 4.74 Å². The van der Waals surface area contributed by atoms with Crippen LogP contribution in [0.1, 0.15) is 40.5 Å². The molecule has 2 fully saturated rings. The number of aromatic nitrogens is 2. The lowest BCUT2D eigenvalue weighted by Gasteiger charge is -2.33. The predicted molar refractivity (Wildman–Crippen MR) is 115 cm³/mol. The Morgan fingerprint density at radius 3 is 2.44 bits per heavy atom. The molecular weight excluding hydrogens is 360 g/mol. The van der Waals surface area contributed by atoms with Gasteiger partial charge in [0.15, 0.2) is 5.11 Å². The smallest absolute Gasteiger partial charge is 0.232 e. The number of nitrogens with zero attached hydrogens (tertiary/aromatic N) is 4. The molecule has 0 radical (unpaired) electrons. The van der Waals surface area contributed by atoms with Gasteiger partial charge in [-0.3, -0.25) is 0 Å². The van der Waals surface area contributed by atoms with E-state index in [9.17, 15) is 0 Å². The first-order valence-corrected chi connectivity index (χ1v) is 10.3. The lowest BCUT2D eigenvalue weighted by atomic mass is 10.0. The lowest BCUT2D eigenvalue weighted by molar-refractivity contribution is 0.122. The zero-order valence-electron chi connectivity index (χ0n) is 16.9. The third-order valence-electron chi connectivity index (χ3n) is 4.73. The molecule has 150 valence electrons. The van der Waals surface area contributed by atoms with E-state index in [1.165, 1.54) is 12.8 Å². The highest BCUT2D eigenvalue weighted by molar-refractivity contribution is 7.80. The fourth-order valence-corrected chi connectivity index (χ4v) is 3.86. The molecule has 0 spiro atoms. The van der Waals surface area contributed by atoms with Gasteiger partial charge >= 0.3 is 0 Å². The molecule has 2 N–H and O–H groups in total. The van der Waals surface area contributed by atoms with E-state index in [1.807, 2.05) is 0 Å². The van der Waals surface area contributed by atoms with E-state index in [2.05, 4.69) is 54.2 Å². The minimum Gasteiger partial charge on any atom is -0.378 e. The first kappa shape index (κ1) is 20.1. The molecule has 2 aliphatic rings. The fraction of sp³-hybridized carbons (Fsp3) is 0.737. The van der Waals surface area contributed by atoms with Gasteiger partial charge in [0.1, 0.15) is 11.6 Å². The van der Waals surface area contributed by atoms with Crippen molar-refractivity contribution in [3.05, 3.63) is 6.07 Å². The minimum atomic E-state index is -0.114. The van der Waals surface area contributed by atoms with Gasteiger partial charge in [-0.05, 0) is 51.7 Å². The highest BCUT2D eigenvalue weighted by atomic mass is 32.1. The highest BCUT2D eigenvalue weighted by Crippen LogP contribution is 2.26. The van der Waals surface area contributed by atoms with Crippen LogP contribution in [0.2, 0.25) is 0 Å². The summed E-state index contributed by atoms with van der Waals surface area (Å²) in [5, 5.41) is 6.99. The maximum atomic E-state index is 5.49. The van der Waals surface area contributed by atoms with Crippen LogP contribution in [0.5, 0.6) is 0 Å². The second kappa shape index (κ2) is 8.56. The summed E-state index contributed by atoms with van der Waals surface area (Å²) in [5.41, 5.74) is -0.114. The molecule has 2 aliphatic heterocycles. The van der Waals surface area contributed by atoms with Crippen LogP contribution in [-0.2, 0) is 4.74 Å². The van der Waals surface area contributed by atoms with Crippen molar-refractivity contribution >= 4 is 34.9 Å². The fourth-order valence-electron chi connectivity index (χ4n) is 3.47. The van der Waals surface area contributed by atoms with Gasteiger partial charge in [-0.15, -0.1) is 0 Å². The van der Waals surface area contributed by atoms with Crippen molar-refractivity contribution in [3.8, 4) is 0 Å². The summed E-state index contributed by atoms with van der Waals surface area (Å²) in [4.78, 5) is 14.1. The monoisotopic (exact) mass is 392 g/mol. The molecule has 2 saturated heterocycles. The van der Waals surface area contributed by atoms with Gasteiger partial charge in [0.05, 0.1) is 13.2 Å². The first-order valence-electron chi connectivity index (χ1n) is 9.86. The molecule has 27 heavy (non-hydrogen) atoms. The Morgan fingerprint density at radius 1 is 1.15 bits per heavy atom. The van der Waals surface area contributed by atoms with Gasteiger partial charge in [-0.25, -0.2) is 0 Å². The molecule has 0 aliphatic carbocycles. The number of thiocarbonyl (C=S) groups is 1. The van der Waals surface area contributed by atoms with Crippen LogP contribution in [0, 0.1) is 5.92 Å². The zero-order valence-corrected chi connectivity index (χ0v) is 17.7. The highest BCUT2D eigenvalue weighted by Gasteiger charge is 2.22. The summed E-state index contributed by atoms with van der Waals surface area (Å²) in [6, 6.07) is 2.11. The van der Waals surface area contributed by atoms with Crippen molar-refractivity contribution in [2.24, 2.45) is 5.92 Å². The van der Waals surface area contributed by atoms with Crippen molar-refractivity contribution in [3.63, 3.8) is 0 Å². The van der Waals surface area contributed by atoms with Crippen LogP contribution >= 0.6 is 12.2 Å². The molecule has 0 unspecified atom stereocenters. The lowest BCUT2D eigenvalue weighted by Crippen LogP contribution is -2.43. The second-order valence-corrected chi connectivity index (χ2v) is 8.94. The van der Waals surface area contributed by atoms with E-state index in [-0.39, 0.29) is 5.54 Å². The Labute approximate surface area is 167 Å². The molecule has 3 heterocycles. The van der Waals surface area contributed by atoms with E-state index in [0.717, 1.165) is 51.0 Å². The Balaban J connectivity index is 1.84. The summed E-state index contributed by atoms with van der Waals surface area (Å²) in [7, 11) is 0. The zero-order chi connectivity index (χ0) is 19.4. The average molecular weight is 393 g/mol. The van der Waals surface area contributed by atoms with Crippen LogP contribution in [-0.4, -0.2) is 60.0 Å². The second-order valence-electron chi connectivity index (χ2n) is 8.53. The number of hydrogen-bond acceptors (Lipinski definition) is 6. The van der Waals surface area contributed by atoms with Crippen LogP contribution in [0.25, 0.3) is 0 Å². The van der Waals surface area contributed by atoms with E-state index in [4.69, 9.17) is 26.9 Å². The third-order valence-corrected chi connectivity index (χ3v) is 4.93. The molecule has 1 aromatic heterocycles.